The van der Waals surface area contributed by atoms with E-state index >= 15 is 0 Å². The Morgan fingerprint density at radius 1 is 0.950 bits per heavy atom. The normalized spacial score (nSPS) is 18.2. The van der Waals surface area contributed by atoms with E-state index in [9.17, 15) is 14.7 Å². The maximum atomic E-state index is 12.5. The predicted octanol–water partition coefficient (Wildman–Crippen LogP) is 5.09. The maximum Gasteiger partial charge on any atom is 0.324 e. The molecule has 8 nitrogen and oxygen atoms in total. The fourth-order valence-electron chi connectivity index (χ4n) is 5.78. The van der Waals surface area contributed by atoms with Gasteiger partial charge in [-0.15, -0.1) is 0 Å². The lowest BCUT2D eigenvalue weighted by atomic mass is 10.0. The molecule has 3 atom stereocenters. The fraction of sp³-hybridized carbons (Fsp3) is 0.312. The van der Waals surface area contributed by atoms with E-state index in [1.165, 1.54) is 0 Å². The molecule has 0 saturated carbocycles. The fourth-order valence-corrected chi connectivity index (χ4v) is 5.78. The van der Waals surface area contributed by atoms with Crippen molar-refractivity contribution < 1.29 is 14.7 Å². The van der Waals surface area contributed by atoms with Crippen LogP contribution in [0.2, 0.25) is 0 Å². The summed E-state index contributed by atoms with van der Waals surface area (Å²) < 4.78 is 2.09. The van der Waals surface area contributed by atoms with E-state index in [0.717, 1.165) is 33.3 Å². The first kappa shape index (κ1) is 27.4. The molecule has 0 aliphatic carbocycles. The third-order valence-corrected chi connectivity index (χ3v) is 7.75. The summed E-state index contributed by atoms with van der Waals surface area (Å²) >= 11 is 0. The molecular formula is C32H37N5O3. The lowest BCUT2D eigenvalue weighted by Gasteiger charge is -2.37. The van der Waals surface area contributed by atoms with Crippen molar-refractivity contribution in [2.75, 3.05) is 23.9 Å². The largest absolute Gasteiger partial charge is 0.480 e. The highest BCUT2D eigenvalue weighted by Gasteiger charge is 2.56. The van der Waals surface area contributed by atoms with Crippen molar-refractivity contribution in [3.8, 4) is 0 Å². The Morgan fingerprint density at radius 2 is 1.68 bits per heavy atom. The Kier molecular flexibility index (Phi) is 7.91. The van der Waals surface area contributed by atoms with Crippen LogP contribution in [0.5, 0.6) is 0 Å². The summed E-state index contributed by atoms with van der Waals surface area (Å²) in [4.78, 5) is 24.9. The summed E-state index contributed by atoms with van der Waals surface area (Å²) in [6.45, 7) is 4.46. The predicted molar refractivity (Wildman–Crippen MR) is 159 cm³/mol. The smallest absolute Gasteiger partial charge is 0.324 e. The van der Waals surface area contributed by atoms with Gasteiger partial charge in [-0.3, -0.25) is 14.6 Å². The molecule has 1 fully saturated rings. The molecule has 1 aliphatic rings. The average Bonchev–Trinajstić information content (AvgIpc) is 3.59. The minimum Gasteiger partial charge on any atom is -0.480 e. The van der Waals surface area contributed by atoms with Crippen LogP contribution in [-0.4, -0.2) is 57.4 Å². The van der Waals surface area contributed by atoms with Gasteiger partial charge < -0.3 is 15.0 Å². The van der Waals surface area contributed by atoms with Crippen molar-refractivity contribution in [3.05, 3.63) is 95.7 Å². The summed E-state index contributed by atoms with van der Waals surface area (Å²) in [5, 5.41) is 20.3. The van der Waals surface area contributed by atoms with E-state index in [0.29, 0.717) is 31.5 Å². The van der Waals surface area contributed by atoms with Crippen LogP contribution >= 0.6 is 0 Å². The van der Waals surface area contributed by atoms with Crippen molar-refractivity contribution in [2.45, 2.75) is 45.2 Å². The molecule has 3 aromatic carbocycles. The van der Waals surface area contributed by atoms with Gasteiger partial charge in [0.05, 0.1) is 17.4 Å². The molecule has 1 aliphatic heterocycles. The first-order valence-corrected chi connectivity index (χ1v) is 13.8. The number of hydrogen-bond donors (Lipinski definition) is 2. The van der Waals surface area contributed by atoms with E-state index in [4.69, 9.17) is 0 Å². The van der Waals surface area contributed by atoms with Gasteiger partial charge in [0.25, 0.3) is 0 Å². The summed E-state index contributed by atoms with van der Waals surface area (Å²) in [6, 6.07) is 23.5. The molecule has 0 spiro atoms. The van der Waals surface area contributed by atoms with Gasteiger partial charge in [0.2, 0.25) is 5.91 Å². The van der Waals surface area contributed by atoms with Crippen LogP contribution < -0.4 is 10.3 Å². The Labute approximate surface area is 235 Å². The molecule has 2 heterocycles. The lowest BCUT2D eigenvalue weighted by molar-refractivity contribution is -0.138. The van der Waals surface area contributed by atoms with Crippen LogP contribution in [0, 0.1) is 0 Å². The second-order valence-electron chi connectivity index (χ2n) is 10.3. The van der Waals surface area contributed by atoms with Crippen LogP contribution in [0.15, 0.2) is 79.0 Å². The number of carboxylic acid groups (broad SMARTS) is 1. The van der Waals surface area contributed by atoms with Crippen molar-refractivity contribution in [3.63, 3.8) is 0 Å². The topological polar surface area (TPSA) is 80.8 Å². The summed E-state index contributed by atoms with van der Waals surface area (Å²) in [6.07, 6.45) is 3.76. The molecule has 1 unspecified atom stereocenters. The molecule has 208 valence electrons. The van der Waals surface area contributed by atoms with Gasteiger partial charge >= 0.3 is 5.97 Å². The minimum atomic E-state index is -0.842. The first-order chi connectivity index (χ1) is 19.3. The number of carbonyl (C=O) groups is 2. The van der Waals surface area contributed by atoms with Crippen LogP contribution in [0.25, 0.3) is 10.9 Å². The molecule has 1 aromatic heterocycles. The number of aryl methyl sites for hydroxylation is 1. The van der Waals surface area contributed by atoms with E-state index in [2.05, 4.69) is 51.4 Å². The summed E-state index contributed by atoms with van der Waals surface area (Å²) in [7, 11) is 3.93. The molecule has 2 N–H and O–H groups in total. The highest BCUT2D eigenvalue weighted by atomic mass is 16.4. The average molecular weight is 540 g/mol. The van der Waals surface area contributed by atoms with Gasteiger partial charge in [0.1, 0.15) is 6.04 Å². The Balaban J connectivity index is 1.49. The summed E-state index contributed by atoms with van der Waals surface area (Å²) in [5.74, 6) is -0.911. The first-order valence-electron chi connectivity index (χ1n) is 13.8. The second kappa shape index (κ2) is 11.5. The van der Waals surface area contributed by atoms with Crippen molar-refractivity contribution in [1.82, 2.24) is 14.7 Å². The number of benzene rings is 3. The second-order valence-corrected chi connectivity index (χ2v) is 10.3. The highest BCUT2D eigenvalue weighted by molar-refractivity contribution is 5.95. The van der Waals surface area contributed by atoms with Crippen LogP contribution in [-0.2, 0) is 29.5 Å². The van der Waals surface area contributed by atoms with E-state index in [1.54, 1.807) is 0 Å². The molecule has 4 aromatic rings. The lowest BCUT2D eigenvalue weighted by Crippen LogP contribution is -2.46. The Hall–Kier alpha value is -4.14. The molecule has 5 rings (SSSR count). The quantitative estimate of drug-likeness (QED) is 0.204. The zero-order valence-electron chi connectivity index (χ0n) is 23.5. The standard InChI is InChI=1S/C32H37N5O3/c1-5-29(38)33-26-17-12-15-23(19-22-13-8-7-9-14-22)30(26)36(6-2)35(4)37-28(31(37)32(39)40)20-24-21-34(3)27-18-11-10-16-25(24)27/h7-18,21,28,31H,5-6,19-20H2,1-4H3,(H,33,38)(H,39,40)/t28-,31-,37?/m0/s1. The zero-order chi connectivity index (χ0) is 28.4. The molecular weight excluding hydrogens is 502 g/mol. The van der Waals surface area contributed by atoms with E-state index < -0.39 is 12.0 Å². The van der Waals surface area contributed by atoms with Crippen molar-refractivity contribution in [2.24, 2.45) is 7.05 Å². The number of rotatable bonds is 11. The number of carboxylic acids is 1. The van der Waals surface area contributed by atoms with Gasteiger partial charge in [0.15, 0.2) is 0 Å². The van der Waals surface area contributed by atoms with Crippen molar-refractivity contribution >= 4 is 34.2 Å². The molecule has 1 saturated heterocycles. The maximum absolute atomic E-state index is 12.5. The van der Waals surface area contributed by atoms with Crippen LogP contribution in [0.4, 0.5) is 11.4 Å². The third-order valence-electron chi connectivity index (χ3n) is 7.75. The number of hydrogen-bond acceptors (Lipinski definition) is 5. The minimum absolute atomic E-state index is 0.0687. The Morgan fingerprint density at radius 3 is 2.38 bits per heavy atom. The third kappa shape index (κ3) is 5.33. The number of anilines is 2. The van der Waals surface area contributed by atoms with Crippen LogP contribution in [0.1, 0.15) is 37.0 Å². The van der Waals surface area contributed by atoms with Crippen molar-refractivity contribution in [1.29, 1.82) is 0 Å². The number of nitrogens with zero attached hydrogens (tertiary/aromatic N) is 4. The van der Waals surface area contributed by atoms with E-state index in [-0.39, 0.29) is 11.9 Å². The molecule has 1 amide bonds. The molecule has 0 bridgehead atoms. The van der Waals surface area contributed by atoms with E-state index in [1.807, 2.05) is 80.5 Å². The van der Waals surface area contributed by atoms with Gasteiger partial charge in [0, 0.05) is 44.2 Å². The zero-order valence-corrected chi connectivity index (χ0v) is 23.5. The number of nitrogens with one attached hydrogen (secondary N) is 1. The number of fused-ring (bicyclic) bond motifs is 1. The molecule has 0 radical (unpaired) electrons. The molecule has 40 heavy (non-hydrogen) atoms. The van der Waals surface area contributed by atoms with Gasteiger partial charge in [-0.1, -0.05) is 67.6 Å². The highest BCUT2D eigenvalue weighted by Crippen LogP contribution is 2.39. The number of aliphatic carboxylic acids is 1. The Bertz CT molecular complexity index is 1520. The number of amides is 1. The number of aromatic nitrogens is 1. The van der Waals surface area contributed by atoms with Gasteiger partial charge in [-0.25, -0.2) is 5.01 Å². The molecule has 8 heteroatoms. The van der Waals surface area contributed by atoms with Crippen LogP contribution in [0.3, 0.4) is 0 Å². The SMILES string of the molecule is CCC(=O)Nc1cccc(Cc2ccccc2)c1N(CC)N(C)N1[C@H](C(=O)O)[C@@H]1Cc1cn(C)c2ccccc12. The number of para-hydroxylation sites is 2. The summed E-state index contributed by atoms with van der Waals surface area (Å²) in [5.41, 5.74) is 6.06. The van der Waals surface area contributed by atoms with Gasteiger partial charge in [-0.2, -0.15) is 5.12 Å². The van der Waals surface area contributed by atoms with Gasteiger partial charge in [-0.05, 0) is 48.6 Å². The number of carbonyl (C=O) groups excluding carboxylic acids is 1. The monoisotopic (exact) mass is 539 g/mol. The number of hydrazine groups is 2.